The van der Waals surface area contributed by atoms with Crippen molar-refractivity contribution in [1.29, 1.82) is 0 Å². The molecule has 30 heavy (non-hydrogen) atoms. The predicted molar refractivity (Wildman–Crippen MR) is 120 cm³/mol. The average Bonchev–Trinajstić information content (AvgIpc) is 3.04. The summed E-state index contributed by atoms with van der Waals surface area (Å²) in [6.07, 6.45) is 0. The maximum atomic E-state index is 13.0. The van der Waals surface area contributed by atoms with E-state index in [2.05, 4.69) is 36.9 Å². The molecule has 0 radical (unpaired) electrons. The number of benzene rings is 2. The van der Waals surface area contributed by atoms with Gasteiger partial charge in [0, 0.05) is 49.5 Å². The zero-order valence-electron chi connectivity index (χ0n) is 18.4. The molecule has 1 aliphatic heterocycles. The predicted octanol–water partition coefficient (Wildman–Crippen LogP) is 4.06. The number of nitrogens with zero attached hydrogens (tertiary/aromatic N) is 4. The Morgan fingerprint density at radius 3 is 2.33 bits per heavy atom. The topological polar surface area (TPSA) is 41.4 Å². The van der Waals surface area contributed by atoms with Crippen molar-refractivity contribution in [2.24, 2.45) is 0 Å². The van der Waals surface area contributed by atoms with Crippen LogP contribution in [0, 0.1) is 27.7 Å². The molecule has 0 saturated carbocycles. The second-order valence-corrected chi connectivity index (χ2v) is 8.28. The van der Waals surface area contributed by atoms with E-state index in [9.17, 15) is 4.79 Å². The van der Waals surface area contributed by atoms with Gasteiger partial charge in [0.1, 0.15) is 0 Å². The summed E-state index contributed by atoms with van der Waals surface area (Å²) >= 11 is 0. The Morgan fingerprint density at radius 1 is 0.933 bits per heavy atom. The second kappa shape index (κ2) is 8.44. The van der Waals surface area contributed by atoms with Gasteiger partial charge in [0.15, 0.2) is 0 Å². The summed E-state index contributed by atoms with van der Waals surface area (Å²) < 4.78 is 2.03. The second-order valence-electron chi connectivity index (χ2n) is 8.28. The first-order valence-corrected chi connectivity index (χ1v) is 10.6. The summed E-state index contributed by atoms with van der Waals surface area (Å²) in [5, 5.41) is 4.77. The van der Waals surface area contributed by atoms with Crippen molar-refractivity contribution < 1.29 is 4.79 Å². The molecule has 1 aliphatic rings. The first-order valence-electron chi connectivity index (χ1n) is 10.6. The first kappa shape index (κ1) is 20.4. The van der Waals surface area contributed by atoms with Gasteiger partial charge in [-0.1, -0.05) is 35.9 Å². The molecule has 0 spiro atoms. The lowest BCUT2D eigenvalue weighted by Gasteiger charge is -2.35. The van der Waals surface area contributed by atoms with Gasteiger partial charge < -0.3 is 4.90 Å². The number of carbonyl (C=O) groups is 1. The van der Waals surface area contributed by atoms with Gasteiger partial charge in [0.05, 0.1) is 11.4 Å². The van der Waals surface area contributed by atoms with Gasteiger partial charge in [-0.05, 0) is 51.5 Å². The summed E-state index contributed by atoms with van der Waals surface area (Å²) in [5.41, 5.74) is 7.65. The Hall–Kier alpha value is -2.92. The normalized spacial score (nSPS) is 14.9. The third kappa shape index (κ3) is 4.03. The largest absolute Gasteiger partial charge is 0.336 e. The van der Waals surface area contributed by atoms with Crippen molar-refractivity contribution >= 4 is 5.91 Å². The maximum absolute atomic E-state index is 13.0. The van der Waals surface area contributed by atoms with Crippen molar-refractivity contribution in [2.75, 3.05) is 26.2 Å². The summed E-state index contributed by atoms with van der Waals surface area (Å²) in [4.78, 5) is 17.4. The van der Waals surface area contributed by atoms with E-state index in [0.717, 1.165) is 60.8 Å². The fourth-order valence-electron chi connectivity index (χ4n) is 4.19. The Balaban J connectivity index is 1.43. The molecular weight excluding hydrogens is 372 g/mol. The van der Waals surface area contributed by atoms with E-state index >= 15 is 0 Å². The van der Waals surface area contributed by atoms with Crippen LogP contribution in [0.25, 0.3) is 5.69 Å². The average molecular weight is 403 g/mol. The van der Waals surface area contributed by atoms with Gasteiger partial charge in [-0.3, -0.25) is 9.69 Å². The van der Waals surface area contributed by atoms with Gasteiger partial charge in [-0.25, -0.2) is 4.68 Å². The molecule has 3 aromatic rings. The number of rotatable bonds is 4. The number of hydrogen-bond donors (Lipinski definition) is 0. The van der Waals surface area contributed by atoms with Gasteiger partial charge >= 0.3 is 0 Å². The van der Waals surface area contributed by atoms with Gasteiger partial charge in [0.2, 0.25) is 0 Å². The standard InChI is InChI=1S/C25H30N4O/c1-18-10-11-19(2)23(16-18)25(30)28-14-12-27(13-15-28)17-24-20(3)26-29(21(24)4)22-8-6-5-7-9-22/h5-11,16H,12-15,17H2,1-4H3. The molecule has 5 nitrogen and oxygen atoms in total. The molecule has 1 amide bonds. The van der Waals surface area contributed by atoms with Crippen molar-refractivity contribution in [3.05, 3.63) is 82.2 Å². The number of carbonyl (C=O) groups excluding carboxylic acids is 1. The quantitative estimate of drug-likeness (QED) is 0.661. The molecule has 2 aromatic carbocycles. The smallest absolute Gasteiger partial charge is 0.254 e. The molecule has 4 rings (SSSR count). The molecule has 0 aliphatic carbocycles. The third-order valence-electron chi connectivity index (χ3n) is 6.11. The zero-order valence-corrected chi connectivity index (χ0v) is 18.4. The van der Waals surface area contributed by atoms with Gasteiger partial charge in [-0.15, -0.1) is 0 Å². The maximum Gasteiger partial charge on any atom is 0.254 e. The van der Waals surface area contributed by atoms with E-state index in [1.54, 1.807) is 0 Å². The minimum absolute atomic E-state index is 0.153. The molecule has 0 N–H and O–H groups in total. The van der Waals surface area contributed by atoms with Crippen LogP contribution in [0.3, 0.4) is 0 Å². The summed E-state index contributed by atoms with van der Waals surface area (Å²) in [6, 6.07) is 16.4. The highest BCUT2D eigenvalue weighted by atomic mass is 16.2. The minimum atomic E-state index is 0.153. The number of hydrogen-bond acceptors (Lipinski definition) is 3. The number of para-hydroxylation sites is 1. The molecular formula is C25H30N4O. The summed E-state index contributed by atoms with van der Waals surface area (Å²) in [6.45, 7) is 12.4. The van der Waals surface area contributed by atoms with Crippen molar-refractivity contribution in [3.63, 3.8) is 0 Å². The van der Waals surface area contributed by atoms with Crippen LogP contribution < -0.4 is 0 Å². The lowest BCUT2D eigenvalue weighted by Crippen LogP contribution is -2.48. The highest BCUT2D eigenvalue weighted by Gasteiger charge is 2.24. The van der Waals surface area contributed by atoms with E-state index < -0.39 is 0 Å². The SMILES string of the molecule is Cc1ccc(C)c(C(=O)N2CCN(Cc3c(C)nn(-c4ccccc4)c3C)CC2)c1. The van der Waals surface area contributed by atoms with E-state index in [0.29, 0.717) is 0 Å². The van der Waals surface area contributed by atoms with E-state index in [1.807, 2.05) is 53.8 Å². The molecule has 156 valence electrons. The molecule has 2 heterocycles. The van der Waals surface area contributed by atoms with Crippen LogP contribution in [-0.4, -0.2) is 51.7 Å². The van der Waals surface area contributed by atoms with Crippen LogP contribution >= 0.6 is 0 Å². The summed E-state index contributed by atoms with van der Waals surface area (Å²) in [7, 11) is 0. The number of amides is 1. The lowest BCUT2D eigenvalue weighted by molar-refractivity contribution is 0.0627. The molecule has 5 heteroatoms. The number of piperazine rings is 1. The van der Waals surface area contributed by atoms with E-state index in [1.165, 1.54) is 11.3 Å². The fraction of sp³-hybridized carbons (Fsp3) is 0.360. The van der Waals surface area contributed by atoms with Crippen LogP contribution in [0.1, 0.15) is 38.4 Å². The Bertz CT molecular complexity index is 1050. The Morgan fingerprint density at radius 2 is 1.63 bits per heavy atom. The molecule has 0 atom stereocenters. The molecule has 0 unspecified atom stereocenters. The highest BCUT2D eigenvalue weighted by Crippen LogP contribution is 2.21. The highest BCUT2D eigenvalue weighted by molar-refractivity contribution is 5.95. The molecule has 1 fully saturated rings. The number of aryl methyl sites for hydroxylation is 3. The fourth-order valence-corrected chi connectivity index (χ4v) is 4.19. The first-order chi connectivity index (χ1) is 14.4. The zero-order chi connectivity index (χ0) is 21.3. The Labute approximate surface area is 178 Å². The summed E-state index contributed by atoms with van der Waals surface area (Å²) in [5.74, 6) is 0.153. The van der Waals surface area contributed by atoms with Crippen LogP contribution in [-0.2, 0) is 6.54 Å². The lowest BCUT2D eigenvalue weighted by atomic mass is 10.0. The van der Waals surface area contributed by atoms with Crippen LogP contribution in [0.4, 0.5) is 0 Å². The van der Waals surface area contributed by atoms with E-state index in [4.69, 9.17) is 5.10 Å². The monoisotopic (exact) mass is 402 g/mol. The van der Waals surface area contributed by atoms with Crippen molar-refractivity contribution in [3.8, 4) is 5.69 Å². The van der Waals surface area contributed by atoms with Crippen LogP contribution in [0.5, 0.6) is 0 Å². The van der Waals surface area contributed by atoms with Crippen LogP contribution in [0.2, 0.25) is 0 Å². The Kier molecular flexibility index (Phi) is 5.73. The molecule has 1 aromatic heterocycles. The third-order valence-corrected chi connectivity index (χ3v) is 6.11. The van der Waals surface area contributed by atoms with Gasteiger partial charge in [0.25, 0.3) is 5.91 Å². The van der Waals surface area contributed by atoms with Crippen molar-refractivity contribution in [1.82, 2.24) is 19.6 Å². The van der Waals surface area contributed by atoms with Crippen LogP contribution in [0.15, 0.2) is 48.5 Å². The van der Waals surface area contributed by atoms with Crippen molar-refractivity contribution in [2.45, 2.75) is 34.2 Å². The van der Waals surface area contributed by atoms with E-state index in [-0.39, 0.29) is 5.91 Å². The number of aromatic nitrogens is 2. The molecule has 0 bridgehead atoms. The van der Waals surface area contributed by atoms with Gasteiger partial charge in [-0.2, -0.15) is 5.10 Å². The minimum Gasteiger partial charge on any atom is -0.336 e. The molecule has 1 saturated heterocycles.